The molecule has 160 valence electrons. The molecule has 0 aliphatic rings. The van der Waals surface area contributed by atoms with Crippen molar-refractivity contribution in [3.05, 3.63) is 41.6 Å². The third kappa shape index (κ3) is 5.20. The zero-order valence-corrected chi connectivity index (χ0v) is 17.5. The Balaban J connectivity index is 1.87. The number of nitrogens with one attached hydrogen (secondary N) is 1. The first-order chi connectivity index (χ1) is 14.5. The lowest BCUT2D eigenvalue weighted by molar-refractivity contribution is -0.136. The molecule has 0 aliphatic carbocycles. The van der Waals surface area contributed by atoms with E-state index < -0.39 is 5.97 Å². The number of benzene rings is 1. The molecule has 0 aliphatic heterocycles. The maximum Gasteiger partial charge on any atom is 0.303 e. The molecule has 1 aromatic carbocycles. The van der Waals surface area contributed by atoms with Crippen molar-refractivity contribution in [1.82, 2.24) is 14.5 Å². The highest BCUT2D eigenvalue weighted by atomic mass is 16.5. The number of nitrogens with zero attached hydrogens (tertiary/aromatic N) is 3. The van der Waals surface area contributed by atoms with Crippen LogP contribution in [-0.4, -0.2) is 39.3 Å². The number of unbranched alkanes of at least 4 members (excludes halogenated alkanes) is 2. The molecule has 2 heterocycles. The minimum Gasteiger partial charge on any atom is -0.496 e. The van der Waals surface area contributed by atoms with Gasteiger partial charge in [0.25, 0.3) is 0 Å². The van der Waals surface area contributed by atoms with E-state index in [-0.39, 0.29) is 12.4 Å². The van der Waals surface area contributed by atoms with Crippen LogP contribution < -0.4 is 15.8 Å². The lowest BCUT2D eigenvalue weighted by Gasteiger charge is -2.14. The quantitative estimate of drug-likeness (QED) is 0.412. The number of methoxy groups -OCH3 is 1. The predicted octanol–water partition coefficient (Wildman–Crippen LogP) is 3.69. The fourth-order valence-corrected chi connectivity index (χ4v) is 3.47. The number of aryl methyl sites for hydroxylation is 1. The number of aromatic nitrogens is 3. The molecule has 0 spiro atoms. The number of nitrogen functional groups attached to an aromatic ring is 1. The third-order valence-electron chi connectivity index (χ3n) is 5.02. The molecular weight excluding hydrogens is 382 g/mol. The summed E-state index contributed by atoms with van der Waals surface area (Å²) in [6.07, 6.45) is 5.90. The van der Waals surface area contributed by atoms with E-state index in [0.717, 1.165) is 59.5 Å². The largest absolute Gasteiger partial charge is 0.496 e. The van der Waals surface area contributed by atoms with E-state index in [1.165, 1.54) is 0 Å². The van der Waals surface area contributed by atoms with Crippen molar-refractivity contribution in [1.29, 1.82) is 0 Å². The van der Waals surface area contributed by atoms with E-state index in [1.54, 1.807) is 7.11 Å². The van der Waals surface area contributed by atoms with Crippen LogP contribution >= 0.6 is 0 Å². The van der Waals surface area contributed by atoms with E-state index in [2.05, 4.69) is 26.8 Å². The summed E-state index contributed by atoms with van der Waals surface area (Å²) in [5.74, 6) is 0.901. The second kappa shape index (κ2) is 9.96. The minimum atomic E-state index is -0.810. The van der Waals surface area contributed by atoms with E-state index in [1.807, 2.05) is 30.5 Å². The summed E-state index contributed by atoms with van der Waals surface area (Å²) in [6, 6.07) is 7.76. The van der Waals surface area contributed by atoms with Gasteiger partial charge in [0, 0.05) is 24.7 Å². The molecule has 0 fully saturated rings. The van der Waals surface area contributed by atoms with Crippen molar-refractivity contribution in [2.75, 3.05) is 24.7 Å². The summed E-state index contributed by atoms with van der Waals surface area (Å²) in [5.41, 5.74) is 9.51. The van der Waals surface area contributed by atoms with Crippen molar-refractivity contribution in [3.8, 4) is 5.75 Å². The van der Waals surface area contributed by atoms with Gasteiger partial charge in [0.2, 0.25) is 5.95 Å². The van der Waals surface area contributed by atoms with E-state index in [0.29, 0.717) is 13.0 Å². The average Bonchev–Trinajstić information content (AvgIpc) is 3.12. The molecule has 3 rings (SSSR count). The molecule has 30 heavy (non-hydrogen) atoms. The number of hydrogen-bond acceptors (Lipinski definition) is 6. The molecule has 4 N–H and O–H groups in total. The van der Waals surface area contributed by atoms with Gasteiger partial charge in [-0.2, -0.15) is 4.98 Å². The zero-order valence-electron chi connectivity index (χ0n) is 17.5. The van der Waals surface area contributed by atoms with E-state index in [4.69, 9.17) is 15.6 Å². The average molecular weight is 412 g/mol. The number of ether oxygens (including phenoxy) is 1. The molecule has 8 nitrogen and oxygen atoms in total. The van der Waals surface area contributed by atoms with E-state index >= 15 is 0 Å². The predicted molar refractivity (Wildman–Crippen MR) is 118 cm³/mol. The summed E-state index contributed by atoms with van der Waals surface area (Å²) < 4.78 is 7.64. The first-order valence-electron chi connectivity index (χ1n) is 10.3. The molecular formula is C22H29N5O3. The number of anilines is 2. The van der Waals surface area contributed by atoms with Crippen LogP contribution in [0.25, 0.3) is 11.0 Å². The summed E-state index contributed by atoms with van der Waals surface area (Å²) >= 11 is 0. The molecule has 0 saturated carbocycles. The minimum absolute atomic E-state index is 0.0938. The molecule has 0 atom stereocenters. The highest BCUT2D eigenvalue weighted by Gasteiger charge is 2.14. The summed E-state index contributed by atoms with van der Waals surface area (Å²) in [7, 11) is 1.62. The lowest BCUT2D eigenvalue weighted by Crippen LogP contribution is -2.09. The maximum absolute atomic E-state index is 10.8. The van der Waals surface area contributed by atoms with Gasteiger partial charge in [-0.1, -0.05) is 31.9 Å². The van der Waals surface area contributed by atoms with Gasteiger partial charge in [-0.15, -0.1) is 0 Å². The summed E-state index contributed by atoms with van der Waals surface area (Å²) in [4.78, 5) is 19.6. The highest BCUT2D eigenvalue weighted by Crippen LogP contribution is 2.27. The summed E-state index contributed by atoms with van der Waals surface area (Å²) in [6.45, 7) is 3.57. The van der Waals surface area contributed by atoms with Gasteiger partial charge in [0.15, 0.2) is 5.82 Å². The first-order valence-corrected chi connectivity index (χ1v) is 10.3. The number of carboxylic acid groups (broad SMARTS) is 1. The van der Waals surface area contributed by atoms with Gasteiger partial charge < -0.3 is 25.5 Å². The van der Waals surface area contributed by atoms with Crippen molar-refractivity contribution >= 4 is 28.8 Å². The Morgan fingerprint density at radius 3 is 2.83 bits per heavy atom. The van der Waals surface area contributed by atoms with Gasteiger partial charge in [-0.25, -0.2) is 4.98 Å². The topological polar surface area (TPSA) is 115 Å². The molecule has 0 bridgehead atoms. The molecule has 8 heteroatoms. The van der Waals surface area contributed by atoms with Gasteiger partial charge in [-0.3, -0.25) is 4.79 Å². The number of rotatable bonds is 11. The molecule has 0 unspecified atom stereocenters. The number of fused-ring (bicyclic) bond motifs is 1. The fraction of sp³-hybridized carbons (Fsp3) is 0.409. The Morgan fingerprint density at radius 1 is 1.27 bits per heavy atom. The number of carboxylic acids is 1. The molecule has 2 aromatic heterocycles. The van der Waals surface area contributed by atoms with Crippen LogP contribution in [0.5, 0.6) is 5.75 Å². The van der Waals surface area contributed by atoms with Gasteiger partial charge in [0.05, 0.1) is 19.2 Å². The second-order valence-electron chi connectivity index (χ2n) is 7.28. The number of hydrogen-bond donors (Lipinski definition) is 3. The molecule has 0 amide bonds. The van der Waals surface area contributed by atoms with Crippen molar-refractivity contribution < 1.29 is 14.6 Å². The Hall–Kier alpha value is -3.29. The summed E-state index contributed by atoms with van der Waals surface area (Å²) in [5, 5.41) is 12.3. The molecule has 3 aromatic rings. The maximum atomic E-state index is 10.8. The van der Waals surface area contributed by atoms with Crippen LogP contribution in [0.4, 0.5) is 11.8 Å². The second-order valence-corrected chi connectivity index (χ2v) is 7.28. The SMILES string of the molecule is CCCCCNc1nc(N)nc2ccn(Cc3ccc(CCC(=O)O)cc3OC)c12. The van der Waals surface area contributed by atoms with Gasteiger partial charge in [0.1, 0.15) is 11.3 Å². The van der Waals surface area contributed by atoms with Crippen LogP contribution in [-0.2, 0) is 17.8 Å². The van der Waals surface area contributed by atoms with Crippen LogP contribution in [0.15, 0.2) is 30.5 Å². The molecule has 0 radical (unpaired) electrons. The van der Waals surface area contributed by atoms with E-state index in [9.17, 15) is 4.79 Å². The van der Waals surface area contributed by atoms with Crippen LogP contribution in [0, 0.1) is 0 Å². The van der Waals surface area contributed by atoms with Crippen LogP contribution in [0.2, 0.25) is 0 Å². The Labute approximate surface area is 176 Å². The first kappa shape index (κ1) is 21.4. The monoisotopic (exact) mass is 411 g/mol. The van der Waals surface area contributed by atoms with Gasteiger partial charge in [-0.05, 0) is 30.5 Å². The number of carbonyl (C=O) groups is 1. The molecule has 0 saturated heterocycles. The Bertz CT molecular complexity index is 1020. The van der Waals surface area contributed by atoms with Crippen molar-refractivity contribution in [3.63, 3.8) is 0 Å². The van der Waals surface area contributed by atoms with Crippen LogP contribution in [0.1, 0.15) is 43.7 Å². The van der Waals surface area contributed by atoms with Crippen molar-refractivity contribution in [2.24, 2.45) is 0 Å². The van der Waals surface area contributed by atoms with Gasteiger partial charge >= 0.3 is 5.97 Å². The number of aliphatic carboxylic acids is 1. The smallest absolute Gasteiger partial charge is 0.303 e. The van der Waals surface area contributed by atoms with Crippen LogP contribution in [0.3, 0.4) is 0 Å². The highest BCUT2D eigenvalue weighted by molar-refractivity contribution is 5.87. The Kier molecular flexibility index (Phi) is 7.11. The normalized spacial score (nSPS) is 11.0. The standard InChI is InChI=1S/C22H29N5O3/c1-3-4-5-11-24-21-20-17(25-22(23)26-21)10-12-27(20)14-16-8-6-15(7-9-19(28)29)13-18(16)30-2/h6,8,10,12-13H,3-5,7,9,11,14H2,1-2H3,(H,28,29)(H3,23,24,25,26). The zero-order chi connectivity index (χ0) is 21.5. The fourth-order valence-electron chi connectivity index (χ4n) is 3.47. The number of nitrogens with two attached hydrogens (primary N) is 1. The lowest BCUT2D eigenvalue weighted by atomic mass is 10.1. The van der Waals surface area contributed by atoms with Crippen molar-refractivity contribution in [2.45, 2.75) is 45.6 Å². The third-order valence-corrected chi connectivity index (χ3v) is 5.02. The Morgan fingerprint density at radius 2 is 2.10 bits per heavy atom.